The van der Waals surface area contributed by atoms with Crippen molar-refractivity contribution in [2.24, 2.45) is 0 Å². The second-order valence-electron chi connectivity index (χ2n) is 0.727. The highest BCUT2D eigenvalue weighted by molar-refractivity contribution is 5.81. The van der Waals surface area contributed by atoms with Crippen LogP contribution >= 0.6 is 0 Å². The van der Waals surface area contributed by atoms with Crippen LogP contribution in [-0.4, -0.2) is 12.5 Å². The molecule has 2 heteroatoms. The summed E-state index contributed by atoms with van der Waals surface area (Å²) in [5.74, 6) is -1.10. The van der Waals surface area contributed by atoms with Gasteiger partial charge in [0.05, 0.1) is 9.30 Å². The smallest absolute Gasteiger partial charge is 0.330 e. The first-order valence-electron chi connectivity index (χ1n) is 4.06. The maximum absolute atomic E-state index is 10.4. The zero-order valence-electron chi connectivity index (χ0n) is 8.60. The summed E-state index contributed by atoms with van der Waals surface area (Å²) in [6.45, 7) is -2.94. The highest BCUT2D eigenvalue weighted by Crippen LogP contribution is 1.74. The molecule has 0 heterocycles. The van der Waals surface area contributed by atoms with E-state index in [2.05, 4.69) is 11.3 Å². The molecule has 7 heavy (non-hydrogen) atoms. The quantitative estimate of drug-likeness (QED) is 0.382. The number of hydrogen-bond donors (Lipinski definition) is 0. The molecule has 0 aliphatic heterocycles. The lowest BCUT2D eigenvalue weighted by atomic mass is 10.6. The minimum Gasteiger partial charge on any atom is -0.463 e. The van der Waals surface area contributed by atoms with Gasteiger partial charge in [0, 0.05) is 10.2 Å². The van der Waals surface area contributed by atoms with Crippen molar-refractivity contribution in [3.8, 4) is 0 Å². The molecule has 0 aromatic heterocycles. The predicted molar refractivity (Wildman–Crippen MR) is 26.8 cm³/mol. The third-order valence-electron chi connectivity index (χ3n) is 0.318. The maximum atomic E-state index is 10.4. The fourth-order valence-corrected chi connectivity index (χ4v) is 0.0920. The Balaban J connectivity index is 4.43. The Morgan fingerprint density at radius 3 is 3.57 bits per heavy atom. The van der Waals surface area contributed by atoms with Gasteiger partial charge in [0.15, 0.2) is 0 Å². The monoisotopic (exact) mass is 105 g/mol. The molecule has 0 amide bonds. The molecule has 0 spiro atoms. The van der Waals surface area contributed by atoms with Crippen LogP contribution in [0.15, 0.2) is 12.7 Å². The van der Waals surface area contributed by atoms with Gasteiger partial charge in [-0.05, 0) is 6.85 Å². The van der Waals surface area contributed by atoms with E-state index in [4.69, 9.17) is 6.85 Å². The highest BCUT2D eigenvalue weighted by Gasteiger charge is 1.86. The van der Waals surface area contributed by atoms with Crippen molar-refractivity contribution in [1.29, 1.82) is 0 Å². The molecule has 0 unspecified atom stereocenters. The Morgan fingerprint density at radius 1 is 2.43 bits per heavy atom. The minimum atomic E-state index is -2.98. The number of ether oxygens (including phenoxy) is 1. The lowest BCUT2D eigenvalue weighted by Gasteiger charge is -1.90. The summed E-state index contributed by atoms with van der Waals surface area (Å²) in [4.78, 5) is 10.4. The van der Waals surface area contributed by atoms with E-state index in [1.54, 1.807) is 0 Å². The fourth-order valence-electron chi connectivity index (χ4n) is 0.0920. The van der Waals surface area contributed by atoms with E-state index in [-0.39, 0.29) is 0 Å². The summed E-state index contributed by atoms with van der Waals surface area (Å²) >= 11 is 0. The average molecular weight is 105 g/mol. The van der Waals surface area contributed by atoms with E-state index in [1.165, 1.54) is 0 Å². The Labute approximate surface area is 49.8 Å². The largest absolute Gasteiger partial charge is 0.463 e. The SMILES string of the molecule is [2H]C([2H])([2H])C([2H])([2H])OC(=O)C=C. The van der Waals surface area contributed by atoms with Crippen molar-refractivity contribution in [3.05, 3.63) is 12.7 Å². The van der Waals surface area contributed by atoms with Gasteiger partial charge in [-0.15, -0.1) is 0 Å². The van der Waals surface area contributed by atoms with Crippen molar-refractivity contribution in [3.63, 3.8) is 0 Å². The first-order valence-corrected chi connectivity index (χ1v) is 1.56. The van der Waals surface area contributed by atoms with Crippen molar-refractivity contribution < 1.29 is 16.4 Å². The first kappa shape index (κ1) is 1.62. The summed E-state index contributed by atoms with van der Waals surface area (Å²) in [6, 6.07) is 0. The van der Waals surface area contributed by atoms with Gasteiger partial charge in [-0.1, -0.05) is 6.58 Å². The summed E-state index contributed by atoms with van der Waals surface area (Å²) in [7, 11) is 0. The number of hydrogen-bond acceptors (Lipinski definition) is 2. The Bertz CT molecular complexity index is 195. The van der Waals surface area contributed by atoms with Crippen molar-refractivity contribution in [2.45, 2.75) is 6.85 Å². The molecule has 2 nitrogen and oxygen atoms in total. The first-order chi connectivity index (χ1) is 5.20. The zero-order chi connectivity index (χ0) is 9.99. The van der Waals surface area contributed by atoms with E-state index in [9.17, 15) is 4.79 Å². The molecule has 0 aromatic rings. The molecular formula is C5H8O2. The average Bonchev–Trinajstić information content (AvgIpc) is 1.84. The van der Waals surface area contributed by atoms with Crippen LogP contribution in [0.3, 0.4) is 0 Å². The number of carbonyl (C=O) groups excluding carboxylic acids is 1. The van der Waals surface area contributed by atoms with Crippen LogP contribution in [0.4, 0.5) is 0 Å². The normalized spacial score (nSPS) is 22.0. The molecular weight excluding hydrogens is 92.1 g/mol. The summed E-state index contributed by atoms with van der Waals surface area (Å²) in [5.41, 5.74) is 0. The Hall–Kier alpha value is -0.790. The summed E-state index contributed by atoms with van der Waals surface area (Å²) in [5, 5.41) is 0. The van der Waals surface area contributed by atoms with Gasteiger partial charge < -0.3 is 4.74 Å². The van der Waals surface area contributed by atoms with Crippen LogP contribution in [0.25, 0.3) is 0 Å². The topological polar surface area (TPSA) is 26.3 Å². The molecule has 0 rings (SSSR count). The van der Waals surface area contributed by atoms with E-state index in [0.29, 0.717) is 6.08 Å². The molecule has 0 N–H and O–H groups in total. The summed E-state index contributed by atoms with van der Waals surface area (Å²) in [6.07, 6.45) is 0.698. The predicted octanol–water partition coefficient (Wildman–Crippen LogP) is 0.735. The second kappa shape index (κ2) is 3.40. The van der Waals surface area contributed by atoms with Gasteiger partial charge in [0.25, 0.3) is 0 Å². The van der Waals surface area contributed by atoms with Crippen molar-refractivity contribution in [2.75, 3.05) is 6.56 Å². The molecule has 0 bridgehead atoms. The fraction of sp³-hybridized carbons (Fsp3) is 0.400. The Kier molecular flexibility index (Phi) is 0.786. The second-order valence-corrected chi connectivity index (χ2v) is 0.727. The van der Waals surface area contributed by atoms with Crippen LogP contribution in [0.2, 0.25) is 0 Å². The number of rotatable bonds is 2. The third-order valence-corrected chi connectivity index (χ3v) is 0.318. The minimum absolute atomic E-state index is 0.698. The molecule has 0 aliphatic carbocycles. The number of esters is 1. The van der Waals surface area contributed by atoms with Gasteiger partial charge in [0.1, 0.15) is 0 Å². The highest BCUT2D eigenvalue weighted by atomic mass is 16.5. The van der Waals surface area contributed by atoms with Crippen LogP contribution in [0.5, 0.6) is 0 Å². The molecule has 0 aromatic carbocycles. The van der Waals surface area contributed by atoms with Crippen molar-refractivity contribution >= 4 is 5.97 Å². The molecule has 0 saturated carbocycles. The lowest BCUT2D eigenvalue weighted by molar-refractivity contribution is -0.137. The molecule has 0 radical (unpaired) electrons. The zero-order valence-corrected chi connectivity index (χ0v) is 3.60. The van der Waals surface area contributed by atoms with Crippen molar-refractivity contribution in [1.82, 2.24) is 0 Å². The third kappa shape index (κ3) is 3.03. The Morgan fingerprint density at radius 2 is 3.14 bits per heavy atom. The van der Waals surface area contributed by atoms with Gasteiger partial charge in [-0.2, -0.15) is 0 Å². The van der Waals surface area contributed by atoms with Gasteiger partial charge in [0.2, 0.25) is 0 Å². The van der Waals surface area contributed by atoms with Gasteiger partial charge in [-0.3, -0.25) is 0 Å². The van der Waals surface area contributed by atoms with E-state index in [1.807, 2.05) is 0 Å². The van der Waals surface area contributed by atoms with E-state index < -0.39 is 19.4 Å². The van der Waals surface area contributed by atoms with E-state index >= 15 is 0 Å². The lowest BCUT2D eigenvalue weighted by Crippen LogP contribution is -1.97. The van der Waals surface area contributed by atoms with Crippen LogP contribution < -0.4 is 0 Å². The van der Waals surface area contributed by atoms with Gasteiger partial charge in [-0.25, -0.2) is 4.79 Å². The molecule has 0 fully saturated rings. The van der Waals surface area contributed by atoms with Gasteiger partial charge >= 0.3 is 5.97 Å². The van der Waals surface area contributed by atoms with Crippen LogP contribution in [-0.2, 0) is 9.53 Å². The molecule has 40 valence electrons. The van der Waals surface area contributed by atoms with Crippen LogP contribution in [0.1, 0.15) is 13.7 Å². The maximum Gasteiger partial charge on any atom is 0.330 e. The molecule has 0 aliphatic rings. The summed E-state index contributed by atoms with van der Waals surface area (Å²) < 4.78 is 37.6. The molecule has 0 atom stereocenters. The molecule has 0 saturated heterocycles. The standard InChI is InChI=1S/C5H8O2/c1-3-5(6)7-4-2/h3H,1,4H2,2H3/i2D3,4D2. The number of carbonyl (C=O) groups is 1. The van der Waals surface area contributed by atoms with E-state index in [0.717, 1.165) is 0 Å². The van der Waals surface area contributed by atoms with Crippen LogP contribution in [0, 0.1) is 0 Å².